The molecule has 14 nitrogen and oxygen atoms in total. The van der Waals surface area contributed by atoms with Crippen LogP contribution >= 0.6 is 0 Å². The molecule has 2 heterocycles. The number of carbonyl (C=O) groups is 2. The molecule has 0 spiro atoms. The van der Waals surface area contributed by atoms with E-state index in [4.69, 9.17) is 23.7 Å². The lowest BCUT2D eigenvalue weighted by Crippen LogP contribution is -2.67. The lowest BCUT2D eigenvalue weighted by molar-refractivity contribution is -0.384. The molecular formula is C37H49NO13. The number of hydrogen-bond acceptors (Lipinski definition) is 13. The number of nitro groups is 1. The number of ether oxygens (including phenoxy) is 5. The predicted molar refractivity (Wildman–Crippen MR) is 176 cm³/mol. The molecule has 0 radical (unpaired) electrons. The molecule has 0 amide bonds. The van der Waals surface area contributed by atoms with Gasteiger partial charge in [-0.25, -0.2) is 9.59 Å². The summed E-state index contributed by atoms with van der Waals surface area (Å²) in [5.74, 6) is -0.562. The third-order valence-electron chi connectivity index (χ3n) is 13.9. The van der Waals surface area contributed by atoms with Crippen LogP contribution < -0.4 is 0 Å². The van der Waals surface area contributed by atoms with Crippen LogP contribution in [0.5, 0.6) is 0 Å². The maximum atomic E-state index is 13.4. The van der Waals surface area contributed by atoms with Crippen LogP contribution in [0.15, 0.2) is 35.9 Å². The van der Waals surface area contributed by atoms with Crippen molar-refractivity contribution >= 4 is 17.8 Å². The SMILES string of the molecule is C[C@@H]1O[C@@H](O[C@H]2CC[C@@]3(C)[C@H](CC[C@@H]4[C@@H]3C[C@@H](OC(=O)OCc3ccc([N+](=O)[O-])cc3)[C@]3(C)[C@@H](C5=CC(=O)OC5)CC[C@]43O)C2)[C@H](O)[C@H](O)[C@H]1O. The zero-order valence-electron chi connectivity index (χ0n) is 29.2. The normalized spacial score (nSPS) is 44.7. The Morgan fingerprint density at radius 3 is 2.43 bits per heavy atom. The van der Waals surface area contributed by atoms with Crippen LogP contribution in [0.25, 0.3) is 0 Å². The molecule has 0 bridgehead atoms. The van der Waals surface area contributed by atoms with Gasteiger partial charge in [-0.15, -0.1) is 0 Å². The Morgan fingerprint density at radius 2 is 1.75 bits per heavy atom. The highest BCUT2D eigenvalue weighted by Crippen LogP contribution is 2.70. The molecule has 0 aromatic heterocycles. The molecule has 1 saturated heterocycles. The maximum absolute atomic E-state index is 13.4. The molecule has 0 unspecified atom stereocenters. The Kier molecular flexibility index (Phi) is 9.50. The first-order valence-electron chi connectivity index (χ1n) is 18.2. The molecular weight excluding hydrogens is 666 g/mol. The van der Waals surface area contributed by atoms with Gasteiger partial charge in [0.15, 0.2) is 6.29 Å². The van der Waals surface area contributed by atoms with Crippen molar-refractivity contribution in [3.8, 4) is 0 Å². The molecule has 7 rings (SSSR count). The number of rotatable bonds is 7. The summed E-state index contributed by atoms with van der Waals surface area (Å²) < 4.78 is 29.0. The molecule has 4 aliphatic carbocycles. The zero-order valence-corrected chi connectivity index (χ0v) is 29.2. The van der Waals surface area contributed by atoms with Crippen molar-refractivity contribution in [2.45, 2.75) is 127 Å². The monoisotopic (exact) mass is 715 g/mol. The second kappa shape index (κ2) is 13.4. The van der Waals surface area contributed by atoms with E-state index in [1.165, 1.54) is 30.3 Å². The van der Waals surface area contributed by atoms with Gasteiger partial charge in [0, 0.05) is 23.6 Å². The number of aliphatic hydroxyl groups excluding tert-OH is 3. The number of carbonyl (C=O) groups excluding carboxylic acids is 2. The number of benzene rings is 1. The minimum Gasteiger partial charge on any atom is -0.458 e. The van der Waals surface area contributed by atoms with Crippen LogP contribution in [0.2, 0.25) is 0 Å². The van der Waals surface area contributed by atoms with E-state index in [0.29, 0.717) is 37.7 Å². The zero-order chi connectivity index (χ0) is 36.5. The molecule has 51 heavy (non-hydrogen) atoms. The van der Waals surface area contributed by atoms with Crippen molar-refractivity contribution < 1.29 is 58.6 Å². The summed E-state index contributed by atoms with van der Waals surface area (Å²) in [6.07, 6.45) is -0.844. The van der Waals surface area contributed by atoms with Gasteiger partial charge in [-0.05, 0) is 111 Å². The van der Waals surface area contributed by atoms with E-state index >= 15 is 0 Å². The largest absolute Gasteiger partial charge is 0.508 e. The third-order valence-corrected chi connectivity index (χ3v) is 13.9. The van der Waals surface area contributed by atoms with Gasteiger partial charge in [0.05, 0.1) is 22.7 Å². The van der Waals surface area contributed by atoms with Gasteiger partial charge in [-0.3, -0.25) is 10.1 Å². The van der Waals surface area contributed by atoms with E-state index < -0.39 is 64.9 Å². The first-order chi connectivity index (χ1) is 24.2. The van der Waals surface area contributed by atoms with Gasteiger partial charge >= 0.3 is 12.1 Å². The molecule has 5 fully saturated rings. The Balaban J connectivity index is 1.11. The minimum atomic E-state index is -1.38. The first kappa shape index (κ1) is 36.2. The number of esters is 1. The summed E-state index contributed by atoms with van der Waals surface area (Å²) in [6, 6.07) is 5.71. The average molecular weight is 716 g/mol. The van der Waals surface area contributed by atoms with E-state index in [1.807, 2.05) is 6.92 Å². The number of nitro benzene ring substituents is 1. The molecule has 4 N–H and O–H groups in total. The summed E-state index contributed by atoms with van der Waals surface area (Å²) >= 11 is 0. The van der Waals surface area contributed by atoms with Gasteiger partial charge in [0.1, 0.15) is 37.6 Å². The lowest BCUT2D eigenvalue weighted by atomic mass is 9.42. The topological polar surface area (TPSA) is 204 Å². The number of nitrogens with zero attached hydrogens (tertiary/aromatic N) is 1. The van der Waals surface area contributed by atoms with Gasteiger partial charge in [0.2, 0.25) is 0 Å². The fraction of sp³-hybridized carbons (Fsp3) is 0.730. The molecule has 6 aliphatic rings. The van der Waals surface area contributed by atoms with Gasteiger partial charge in [0.25, 0.3) is 5.69 Å². The summed E-state index contributed by atoms with van der Waals surface area (Å²) in [5, 5.41) is 55.0. The second-order valence-corrected chi connectivity index (χ2v) is 16.1. The van der Waals surface area contributed by atoms with E-state index in [1.54, 1.807) is 6.92 Å². The number of fused-ring (bicyclic) bond motifs is 5. The van der Waals surface area contributed by atoms with Crippen molar-refractivity contribution in [2.75, 3.05) is 6.61 Å². The highest BCUT2D eigenvalue weighted by atomic mass is 16.7. The van der Waals surface area contributed by atoms with Crippen molar-refractivity contribution in [3.05, 3.63) is 51.6 Å². The van der Waals surface area contributed by atoms with Crippen LogP contribution in [0.4, 0.5) is 10.5 Å². The minimum absolute atomic E-state index is 0.00884. The van der Waals surface area contributed by atoms with Crippen LogP contribution in [0.3, 0.4) is 0 Å². The summed E-state index contributed by atoms with van der Waals surface area (Å²) in [6.45, 7) is 5.84. The Labute approximate surface area is 296 Å². The van der Waals surface area contributed by atoms with Crippen LogP contribution in [0, 0.1) is 44.6 Å². The maximum Gasteiger partial charge on any atom is 0.508 e. The van der Waals surface area contributed by atoms with E-state index in [9.17, 15) is 40.1 Å². The van der Waals surface area contributed by atoms with Crippen molar-refractivity contribution in [1.29, 1.82) is 0 Å². The van der Waals surface area contributed by atoms with Crippen LogP contribution in [0.1, 0.15) is 77.7 Å². The first-order valence-corrected chi connectivity index (χ1v) is 18.2. The van der Waals surface area contributed by atoms with E-state index in [0.717, 1.165) is 24.8 Å². The number of non-ortho nitro benzene ring substituents is 1. The molecule has 280 valence electrons. The summed E-state index contributed by atoms with van der Waals surface area (Å²) in [7, 11) is 0. The molecule has 14 atom stereocenters. The number of cyclic esters (lactones) is 1. The molecule has 14 heteroatoms. The third kappa shape index (κ3) is 6.05. The Hall–Kier alpha value is -3.14. The average Bonchev–Trinajstić information content (AvgIpc) is 3.65. The lowest BCUT2D eigenvalue weighted by Gasteiger charge is -2.65. The Bertz CT molecular complexity index is 1550. The molecule has 1 aromatic rings. The second-order valence-electron chi connectivity index (χ2n) is 16.1. The molecule has 2 aliphatic heterocycles. The van der Waals surface area contributed by atoms with Crippen molar-refractivity contribution in [1.82, 2.24) is 0 Å². The summed E-state index contributed by atoms with van der Waals surface area (Å²) in [5.41, 5.74) is -1.09. The quantitative estimate of drug-likeness (QED) is 0.138. The predicted octanol–water partition coefficient (Wildman–Crippen LogP) is 3.70. The molecule has 1 aromatic carbocycles. The fourth-order valence-corrected chi connectivity index (χ4v) is 10.9. The fourth-order valence-electron chi connectivity index (χ4n) is 10.9. The van der Waals surface area contributed by atoms with E-state index in [-0.39, 0.29) is 54.1 Å². The van der Waals surface area contributed by atoms with Gasteiger partial charge < -0.3 is 44.1 Å². The highest BCUT2D eigenvalue weighted by Gasteiger charge is 2.72. The highest BCUT2D eigenvalue weighted by molar-refractivity contribution is 5.85. The Morgan fingerprint density at radius 1 is 1.00 bits per heavy atom. The smallest absolute Gasteiger partial charge is 0.458 e. The van der Waals surface area contributed by atoms with Crippen molar-refractivity contribution in [2.24, 2.45) is 34.5 Å². The van der Waals surface area contributed by atoms with Crippen LogP contribution in [-0.4, -0.2) is 92.6 Å². The van der Waals surface area contributed by atoms with Gasteiger partial charge in [-0.1, -0.05) is 13.8 Å². The molecule has 4 saturated carbocycles. The number of hydrogen-bond donors (Lipinski definition) is 4. The summed E-state index contributed by atoms with van der Waals surface area (Å²) in [4.78, 5) is 36.1. The number of aliphatic hydroxyl groups is 4. The van der Waals surface area contributed by atoms with Gasteiger partial charge in [-0.2, -0.15) is 0 Å². The van der Waals surface area contributed by atoms with E-state index in [2.05, 4.69) is 6.92 Å². The standard InChI is InChI=1S/C37H49NO13/c1-19-30(40)31(41)32(42)33(49-19)50-24-10-12-35(2)22(15-24)6-9-26-27(35)16-28(51-34(43)48-17-20-4-7-23(8-5-20)38(45)46)36(3)25(11-13-37(26,36)44)21-14-29(39)47-18-21/h4-5,7-8,14,19,22,24-28,30-33,40-42,44H,6,9-13,15-18H2,1-3H3/t19-,22+,24-,25+,26+,27-,28+,30-,31+,32+,33-,35-,36-,37-/m0/s1. The van der Waals surface area contributed by atoms with Crippen molar-refractivity contribution in [3.63, 3.8) is 0 Å². The van der Waals surface area contributed by atoms with Crippen LogP contribution in [-0.2, 0) is 35.1 Å².